The van der Waals surface area contributed by atoms with E-state index >= 15 is 0 Å². The fourth-order valence-electron chi connectivity index (χ4n) is 2.96. The molecule has 1 aliphatic heterocycles. The molecule has 1 atom stereocenters. The van der Waals surface area contributed by atoms with Crippen LogP contribution in [0.1, 0.15) is 26.2 Å². The van der Waals surface area contributed by atoms with E-state index in [2.05, 4.69) is 56.5 Å². The smallest absolute Gasteiger partial charge is 0.191 e. The lowest BCUT2D eigenvalue weighted by molar-refractivity contribution is 0.201. The molecule has 5 heteroatoms. The first kappa shape index (κ1) is 16.9. The van der Waals surface area contributed by atoms with Gasteiger partial charge in [-0.15, -0.1) is 0 Å². The van der Waals surface area contributed by atoms with Crippen LogP contribution in [0.15, 0.2) is 29.5 Å². The molecule has 0 amide bonds. The second-order valence-corrected chi connectivity index (χ2v) is 6.27. The summed E-state index contributed by atoms with van der Waals surface area (Å²) in [4.78, 5) is 6.89. The molecule has 0 spiro atoms. The number of nitrogens with one attached hydrogen (secondary N) is 2. The summed E-state index contributed by atoms with van der Waals surface area (Å²) < 4.78 is 2.17. The Morgan fingerprint density at radius 1 is 1.14 bits per heavy atom. The molecule has 1 unspecified atom stereocenters. The zero-order chi connectivity index (χ0) is 15.6. The van der Waals surface area contributed by atoms with Crippen molar-refractivity contribution in [2.45, 2.75) is 32.7 Å². The van der Waals surface area contributed by atoms with E-state index in [0.717, 1.165) is 25.6 Å². The van der Waals surface area contributed by atoms with E-state index < -0.39 is 0 Å². The Morgan fingerprint density at radius 2 is 1.86 bits per heavy atom. The first-order valence-corrected chi connectivity index (χ1v) is 8.55. The largest absolute Gasteiger partial charge is 0.356 e. The maximum atomic E-state index is 4.30. The third-order valence-corrected chi connectivity index (χ3v) is 4.19. The van der Waals surface area contributed by atoms with Crippen molar-refractivity contribution in [1.29, 1.82) is 0 Å². The maximum absolute atomic E-state index is 4.30. The second-order valence-electron chi connectivity index (χ2n) is 6.27. The topological polar surface area (TPSA) is 44.6 Å². The van der Waals surface area contributed by atoms with Crippen molar-refractivity contribution in [2.24, 2.45) is 10.9 Å². The van der Waals surface area contributed by atoms with Gasteiger partial charge in [0, 0.05) is 45.6 Å². The predicted molar refractivity (Wildman–Crippen MR) is 93.3 cm³/mol. The number of rotatable bonds is 7. The maximum Gasteiger partial charge on any atom is 0.191 e. The molecular formula is C17H31N5. The van der Waals surface area contributed by atoms with Gasteiger partial charge in [-0.3, -0.25) is 4.99 Å². The van der Waals surface area contributed by atoms with E-state index in [9.17, 15) is 0 Å². The van der Waals surface area contributed by atoms with Crippen LogP contribution in [0.3, 0.4) is 0 Å². The molecule has 1 fully saturated rings. The van der Waals surface area contributed by atoms with Gasteiger partial charge in [0.15, 0.2) is 5.96 Å². The van der Waals surface area contributed by atoms with Gasteiger partial charge in [-0.1, -0.05) is 13.3 Å². The molecule has 2 rings (SSSR count). The van der Waals surface area contributed by atoms with Gasteiger partial charge >= 0.3 is 0 Å². The van der Waals surface area contributed by atoms with Crippen molar-refractivity contribution in [1.82, 2.24) is 20.1 Å². The highest BCUT2D eigenvalue weighted by atomic mass is 15.2. The average molecular weight is 305 g/mol. The summed E-state index contributed by atoms with van der Waals surface area (Å²) in [5, 5.41) is 6.81. The Labute approximate surface area is 134 Å². The normalized spacial score (nSPS) is 18.2. The summed E-state index contributed by atoms with van der Waals surface area (Å²) in [5.41, 5.74) is 0. The fraction of sp³-hybridized carbons (Fsp3) is 0.706. The van der Waals surface area contributed by atoms with Crippen molar-refractivity contribution in [3.05, 3.63) is 24.5 Å². The highest BCUT2D eigenvalue weighted by Crippen LogP contribution is 2.10. The van der Waals surface area contributed by atoms with Crippen LogP contribution in [0.2, 0.25) is 0 Å². The van der Waals surface area contributed by atoms with Crippen molar-refractivity contribution < 1.29 is 0 Å². The molecule has 1 aromatic rings. The van der Waals surface area contributed by atoms with Crippen LogP contribution < -0.4 is 10.6 Å². The van der Waals surface area contributed by atoms with Crippen LogP contribution in [-0.4, -0.2) is 55.2 Å². The predicted octanol–water partition coefficient (Wildman–Crippen LogP) is 1.78. The quantitative estimate of drug-likeness (QED) is 0.596. The molecule has 0 saturated carbocycles. The summed E-state index contributed by atoms with van der Waals surface area (Å²) in [6.07, 6.45) is 8.30. The standard InChI is InChI=1S/C17H31N5/c1-16(15-22-11-4-3-5-12-22)14-20-17(18-2)19-8-13-21-9-6-7-10-21/h6-7,9-10,16H,3-5,8,11-15H2,1-2H3,(H2,18,19,20). The van der Waals surface area contributed by atoms with Crippen LogP contribution >= 0.6 is 0 Å². The van der Waals surface area contributed by atoms with Gasteiger partial charge in [0.05, 0.1) is 0 Å². The molecule has 1 saturated heterocycles. The summed E-state index contributed by atoms with van der Waals surface area (Å²) in [6, 6.07) is 4.10. The van der Waals surface area contributed by atoms with Gasteiger partial charge < -0.3 is 20.1 Å². The van der Waals surface area contributed by atoms with E-state index in [4.69, 9.17) is 0 Å². The minimum Gasteiger partial charge on any atom is -0.356 e. The number of likely N-dealkylation sites (tertiary alicyclic amines) is 1. The van der Waals surface area contributed by atoms with Gasteiger partial charge in [0.25, 0.3) is 0 Å². The molecule has 2 N–H and O–H groups in total. The van der Waals surface area contributed by atoms with Crippen LogP contribution in [0.4, 0.5) is 0 Å². The Morgan fingerprint density at radius 3 is 2.55 bits per heavy atom. The highest BCUT2D eigenvalue weighted by Gasteiger charge is 2.13. The van der Waals surface area contributed by atoms with E-state index in [1.54, 1.807) is 0 Å². The number of piperidine rings is 1. The number of guanidine groups is 1. The minimum atomic E-state index is 0.640. The lowest BCUT2D eigenvalue weighted by Crippen LogP contribution is -2.43. The summed E-state index contributed by atoms with van der Waals surface area (Å²) in [6.45, 7) is 8.86. The third-order valence-electron chi connectivity index (χ3n) is 4.19. The first-order valence-electron chi connectivity index (χ1n) is 8.55. The van der Waals surface area contributed by atoms with E-state index in [-0.39, 0.29) is 0 Å². The van der Waals surface area contributed by atoms with Crippen LogP contribution in [0, 0.1) is 5.92 Å². The molecule has 0 radical (unpaired) electrons. The lowest BCUT2D eigenvalue weighted by atomic mass is 10.1. The van der Waals surface area contributed by atoms with Crippen molar-refractivity contribution in [3.8, 4) is 0 Å². The Hall–Kier alpha value is -1.49. The van der Waals surface area contributed by atoms with E-state index in [0.29, 0.717) is 5.92 Å². The van der Waals surface area contributed by atoms with Gasteiger partial charge in [-0.2, -0.15) is 0 Å². The van der Waals surface area contributed by atoms with Crippen LogP contribution in [-0.2, 0) is 6.54 Å². The van der Waals surface area contributed by atoms with E-state index in [1.807, 2.05) is 7.05 Å². The monoisotopic (exact) mass is 305 g/mol. The molecule has 2 heterocycles. The third kappa shape index (κ3) is 6.10. The zero-order valence-corrected chi connectivity index (χ0v) is 14.1. The summed E-state index contributed by atoms with van der Waals surface area (Å²) in [7, 11) is 1.83. The second kappa shape index (κ2) is 9.51. The molecular weight excluding hydrogens is 274 g/mol. The highest BCUT2D eigenvalue weighted by molar-refractivity contribution is 5.79. The van der Waals surface area contributed by atoms with Gasteiger partial charge in [0.2, 0.25) is 0 Å². The zero-order valence-electron chi connectivity index (χ0n) is 14.1. The molecule has 0 aliphatic carbocycles. The molecule has 1 aliphatic rings. The number of hydrogen-bond donors (Lipinski definition) is 2. The Bertz CT molecular complexity index is 420. The summed E-state index contributed by atoms with van der Waals surface area (Å²) in [5.74, 6) is 1.54. The van der Waals surface area contributed by atoms with Crippen LogP contribution in [0.5, 0.6) is 0 Å². The number of hydrogen-bond acceptors (Lipinski definition) is 2. The first-order chi connectivity index (χ1) is 10.8. The number of aromatic nitrogens is 1. The van der Waals surface area contributed by atoms with Crippen molar-refractivity contribution in [2.75, 3.05) is 39.8 Å². The van der Waals surface area contributed by atoms with Crippen molar-refractivity contribution >= 4 is 5.96 Å². The minimum absolute atomic E-state index is 0.640. The molecule has 22 heavy (non-hydrogen) atoms. The SMILES string of the molecule is CN=C(NCCn1cccc1)NCC(C)CN1CCCCC1. The van der Waals surface area contributed by atoms with Gasteiger partial charge in [-0.05, 0) is 44.0 Å². The number of aliphatic imine (C=N–C) groups is 1. The lowest BCUT2D eigenvalue weighted by Gasteiger charge is -2.29. The molecule has 5 nitrogen and oxygen atoms in total. The molecule has 0 aromatic carbocycles. The fourth-order valence-corrected chi connectivity index (χ4v) is 2.96. The molecule has 124 valence electrons. The summed E-state index contributed by atoms with van der Waals surface area (Å²) >= 11 is 0. The van der Waals surface area contributed by atoms with Gasteiger partial charge in [-0.25, -0.2) is 0 Å². The van der Waals surface area contributed by atoms with E-state index in [1.165, 1.54) is 38.9 Å². The molecule has 0 bridgehead atoms. The average Bonchev–Trinajstić information content (AvgIpc) is 3.05. The van der Waals surface area contributed by atoms with Gasteiger partial charge in [0.1, 0.15) is 0 Å². The van der Waals surface area contributed by atoms with Crippen LogP contribution in [0.25, 0.3) is 0 Å². The number of nitrogens with zero attached hydrogens (tertiary/aromatic N) is 3. The molecule has 1 aromatic heterocycles. The Balaban J connectivity index is 1.60. The Kier molecular flexibility index (Phi) is 7.30. The van der Waals surface area contributed by atoms with Crippen molar-refractivity contribution in [3.63, 3.8) is 0 Å².